The molecule has 0 aliphatic heterocycles. The first-order valence-electron chi connectivity index (χ1n) is 7.36. The van der Waals surface area contributed by atoms with Gasteiger partial charge in [0.05, 0.1) is 12.7 Å². The van der Waals surface area contributed by atoms with Gasteiger partial charge in [-0.3, -0.25) is 0 Å². The van der Waals surface area contributed by atoms with Gasteiger partial charge in [-0.15, -0.1) is 0 Å². The Bertz CT molecular complexity index is 373. The third-order valence-corrected chi connectivity index (χ3v) is 3.67. The molecule has 1 saturated carbocycles. The molecule has 0 radical (unpaired) electrons. The van der Waals surface area contributed by atoms with Crippen LogP contribution in [0.5, 0.6) is 5.75 Å². The van der Waals surface area contributed by atoms with Crippen molar-refractivity contribution in [1.82, 2.24) is 4.90 Å². The van der Waals surface area contributed by atoms with E-state index >= 15 is 0 Å². The lowest BCUT2D eigenvalue weighted by Gasteiger charge is -2.23. The molecule has 19 heavy (non-hydrogen) atoms. The zero-order valence-corrected chi connectivity index (χ0v) is 12.0. The van der Waals surface area contributed by atoms with Crippen molar-refractivity contribution in [3.05, 3.63) is 29.8 Å². The second-order valence-electron chi connectivity index (χ2n) is 5.31. The molecule has 1 aromatic rings. The van der Waals surface area contributed by atoms with Crippen LogP contribution >= 0.6 is 0 Å². The monoisotopic (exact) mass is 263 g/mol. The number of aliphatic hydroxyl groups excluding tert-OH is 1. The average Bonchev–Trinajstić information content (AvgIpc) is 3.23. The zero-order valence-electron chi connectivity index (χ0n) is 12.0. The lowest BCUT2D eigenvalue weighted by molar-refractivity contribution is 0.113. The summed E-state index contributed by atoms with van der Waals surface area (Å²) in [4.78, 5) is 2.35. The lowest BCUT2D eigenvalue weighted by atomic mass is 10.1. The number of nitrogens with zero attached hydrogens (tertiary/aromatic N) is 1. The van der Waals surface area contributed by atoms with Gasteiger partial charge in [-0.1, -0.05) is 19.1 Å². The van der Waals surface area contributed by atoms with E-state index in [1.165, 1.54) is 12.8 Å². The van der Waals surface area contributed by atoms with Crippen molar-refractivity contribution in [2.24, 2.45) is 5.92 Å². The molecule has 2 rings (SSSR count). The Morgan fingerprint density at radius 2 is 1.95 bits per heavy atom. The molecular formula is C16H25NO2. The number of hydrogen-bond donors (Lipinski definition) is 1. The van der Waals surface area contributed by atoms with E-state index in [1.54, 1.807) is 0 Å². The molecule has 0 aromatic heterocycles. The van der Waals surface area contributed by atoms with E-state index in [0.29, 0.717) is 6.61 Å². The Morgan fingerprint density at radius 3 is 2.47 bits per heavy atom. The van der Waals surface area contributed by atoms with Crippen molar-refractivity contribution in [2.75, 3.05) is 26.2 Å². The fourth-order valence-corrected chi connectivity index (χ4v) is 2.30. The van der Waals surface area contributed by atoms with Crippen molar-refractivity contribution >= 4 is 0 Å². The van der Waals surface area contributed by atoms with E-state index in [4.69, 9.17) is 4.74 Å². The number of likely N-dealkylation sites (N-methyl/N-ethyl adjacent to an activating group) is 1. The van der Waals surface area contributed by atoms with E-state index in [9.17, 15) is 5.11 Å². The first kappa shape index (κ1) is 14.4. The molecule has 1 atom stereocenters. The van der Waals surface area contributed by atoms with Crippen LogP contribution in [0.1, 0.15) is 38.4 Å². The number of benzene rings is 1. The van der Waals surface area contributed by atoms with Gasteiger partial charge in [0.2, 0.25) is 0 Å². The maximum atomic E-state index is 10.3. The lowest BCUT2D eigenvalue weighted by Crippen LogP contribution is -2.30. The van der Waals surface area contributed by atoms with Gasteiger partial charge in [0.1, 0.15) is 5.75 Å². The standard InChI is InChI=1S/C16H25NO2/c1-3-17(11-13-5-6-13)12-16(18)14-7-9-15(10-8-14)19-4-2/h7-10,13,16,18H,3-6,11-12H2,1-2H3. The van der Waals surface area contributed by atoms with Crippen molar-refractivity contribution in [1.29, 1.82) is 0 Å². The predicted molar refractivity (Wildman–Crippen MR) is 77.4 cm³/mol. The molecule has 1 fully saturated rings. The normalized spacial score (nSPS) is 16.6. The fourth-order valence-electron chi connectivity index (χ4n) is 2.30. The van der Waals surface area contributed by atoms with E-state index in [1.807, 2.05) is 31.2 Å². The third kappa shape index (κ3) is 4.51. The van der Waals surface area contributed by atoms with Gasteiger partial charge in [0.25, 0.3) is 0 Å². The van der Waals surface area contributed by atoms with Crippen LogP contribution in [0, 0.1) is 5.92 Å². The van der Waals surface area contributed by atoms with E-state index in [-0.39, 0.29) is 0 Å². The number of aliphatic hydroxyl groups is 1. The van der Waals surface area contributed by atoms with Crippen LogP contribution in [0.3, 0.4) is 0 Å². The minimum atomic E-state index is -0.408. The maximum absolute atomic E-state index is 10.3. The highest BCUT2D eigenvalue weighted by Gasteiger charge is 2.24. The van der Waals surface area contributed by atoms with Crippen LogP contribution in [-0.2, 0) is 0 Å². The van der Waals surface area contributed by atoms with Crippen LogP contribution in [0.25, 0.3) is 0 Å². The van der Waals surface area contributed by atoms with Crippen LogP contribution in [0.15, 0.2) is 24.3 Å². The molecule has 1 unspecified atom stereocenters. The summed E-state index contributed by atoms with van der Waals surface area (Å²) < 4.78 is 5.41. The molecular weight excluding hydrogens is 238 g/mol. The minimum absolute atomic E-state index is 0.408. The van der Waals surface area contributed by atoms with Gasteiger partial charge in [0, 0.05) is 13.1 Å². The molecule has 106 valence electrons. The molecule has 3 nitrogen and oxygen atoms in total. The Hall–Kier alpha value is -1.06. The quantitative estimate of drug-likeness (QED) is 0.783. The van der Waals surface area contributed by atoms with Gasteiger partial charge in [-0.05, 0) is 49.9 Å². The summed E-state index contributed by atoms with van der Waals surface area (Å²) in [5.74, 6) is 1.73. The first-order valence-corrected chi connectivity index (χ1v) is 7.36. The van der Waals surface area contributed by atoms with Gasteiger partial charge in [0.15, 0.2) is 0 Å². The zero-order chi connectivity index (χ0) is 13.7. The first-order chi connectivity index (χ1) is 9.22. The Morgan fingerprint density at radius 1 is 1.26 bits per heavy atom. The molecule has 0 amide bonds. The van der Waals surface area contributed by atoms with Crippen LogP contribution < -0.4 is 4.74 Å². The van der Waals surface area contributed by atoms with Gasteiger partial charge in [-0.25, -0.2) is 0 Å². The van der Waals surface area contributed by atoms with Crippen LogP contribution in [0.4, 0.5) is 0 Å². The minimum Gasteiger partial charge on any atom is -0.494 e. The van der Waals surface area contributed by atoms with Gasteiger partial charge < -0.3 is 14.7 Å². The number of rotatable bonds is 8. The maximum Gasteiger partial charge on any atom is 0.119 e. The second kappa shape index (κ2) is 6.92. The summed E-state index contributed by atoms with van der Waals surface area (Å²) in [6.45, 7) is 7.66. The molecule has 1 aliphatic carbocycles. The smallest absolute Gasteiger partial charge is 0.119 e. The van der Waals surface area contributed by atoms with Crippen molar-refractivity contribution in [2.45, 2.75) is 32.8 Å². The Labute approximate surface area is 116 Å². The number of hydrogen-bond acceptors (Lipinski definition) is 3. The number of ether oxygens (including phenoxy) is 1. The largest absolute Gasteiger partial charge is 0.494 e. The summed E-state index contributed by atoms with van der Waals surface area (Å²) >= 11 is 0. The Kier molecular flexibility index (Phi) is 5.23. The highest BCUT2D eigenvalue weighted by molar-refractivity contribution is 5.28. The van der Waals surface area contributed by atoms with Crippen LogP contribution in [-0.4, -0.2) is 36.2 Å². The second-order valence-corrected chi connectivity index (χ2v) is 5.31. The average molecular weight is 263 g/mol. The summed E-state index contributed by atoms with van der Waals surface area (Å²) in [6, 6.07) is 7.78. The SMILES string of the molecule is CCOc1ccc(C(O)CN(CC)CC2CC2)cc1. The van der Waals surface area contributed by atoms with Crippen molar-refractivity contribution in [3.8, 4) is 5.75 Å². The van der Waals surface area contributed by atoms with E-state index in [0.717, 1.165) is 36.9 Å². The van der Waals surface area contributed by atoms with E-state index in [2.05, 4.69) is 11.8 Å². The molecule has 0 spiro atoms. The molecule has 1 aromatic carbocycles. The molecule has 1 aliphatic rings. The van der Waals surface area contributed by atoms with E-state index < -0.39 is 6.10 Å². The molecule has 3 heteroatoms. The third-order valence-electron chi connectivity index (χ3n) is 3.67. The van der Waals surface area contributed by atoms with Crippen molar-refractivity contribution in [3.63, 3.8) is 0 Å². The molecule has 0 bridgehead atoms. The summed E-state index contributed by atoms with van der Waals surface area (Å²) in [5, 5.41) is 10.3. The van der Waals surface area contributed by atoms with Gasteiger partial charge >= 0.3 is 0 Å². The predicted octanol–water partition coefficient (Wildman–Crippen LogP) is 2.85. The van der Waals surface area contributed by atoms with Crippen molar-refractivity contribution < 1.29 is 9.84 Å². The molecule has 0 heterocycles. The summed E-state index contributed by atoms with van der Waals surface area (Å²) in [6.07, 6.45) is 2.31. The van der Waals surface area contributed by atoms with Crippen LogP contribution in [0.2, 0.25) is 0 Å². The Balaban J connectivity index is 1.88. The highest BCUT2D eigenvalue weighted by Crippen LogP contribution is 2.30. The molecule has 0 saturated heterocycles. The summed E-state index contributed by atoms with van der Waals surface area (Å²) in [7, 11) is 0. The van der Waals surface area contributed by atoms with Gasteiger partial charge in [-0.2, -0.15) is 0 Å². The highest BCUT2D eigenvalue weighted by atomic mass is 16.5. The topological polar surface area (TPSA) is 32.7 Å². The molecule has 1 N–H and O–H groups in total. The summed E-state index contributed by atoms with van der Waals surface area (Å²) in [5.41, 5.74) is 0.970. The fraction of sp³-hybridized carbons (Fsp3) is 0.625.